The predicted octanol–water partition coefficient (Wildman–Crippen LogP) is 1.88. The molecule has 0 amide bonds. The quantitative estimate of drug-likeness (QED) is 0.683. The number of carbonyl (C=O) groups excluding carboxylic acids is 2. The molecular formula is C15H14N2O4. The van der Waals surface area contributed by atoms with E-state index in [-0.39, 0.29) is 5.70 Å². The van der Waals surface area contributed by atoms with E-state index in [0.29, 0.717) is 5.69 Å². The number of aromatic nitrogens is 1. The summed E-state index contributed by atoms with van der Waals surface area (Å²) in [6.45, 7) is 0. The summed E-state index contributed by atoms with van der Waals surface area (Å²) in [7, 11) is 2.47. The molecule has 0 unspecified atom stereocenters. The van der Waals surface area contributed by atoms with Crippen molar-refractivity contribution in [2.24, 2.45) is 0 Å². The van der Waals surface area contributed by atoms with Gasteiger partial charge in [-0.05, 0) is 24.3 Å². The number of esters is 2. The topological polar surface area (TPSA) is 77.5 Å². The minimum absolute atomic E-state index is 0.00686. The van der Waals surface area contributed by atoms with Gasteiger partial charge in [0.25, 0.3) is 0 Å². The maximum Gasteiger partial charge on any atom is 0.354 e. The summed E-state index contributed by atoms with van der Waals surface area (Å²) in [5.74, 6) is -1.31. The number of benzene rings is 1. The number of nitrogens with one attached hydrogen (secondary N) is 1. The molecule has 2 aromatic rings. The molecule has 0 atom stereocenters. The van der Waals surface area contributed by atoms with E-state index in [1.807, 2.05) is 24.3 Å². The fourth-order valence-electron chi connectivity index (χ4n) is 1.74. The van der Waals surface area contributed by atoms with Crippen molar-refractivity contribution in [3.05, 3.63) is 48.3 Å². The second-order valence-corrected chi connectivity index (χ2v) is 4.11. The summed E-state index contributed by atoms with van der Waals surface area (Å²) in [4.78, 5) is 27.2. The Morgan fingerprint density at radius 1 is 1.19 bits per heavy atom. The Morgan fingerprint density at radius 3 is 2.71 bits per heavy atom. The molecule has 0 saturated carbocycles. The highest BCUT2D eigenvalue weighted by atomic mass is 16.5. The van der Waals surface area contributed by atoms with Crippen molar-refractivity contribution in [3.63, 3.8) is 0 Å². The van der Waals surface area contributed by atoms with Gasteiger partial charge in [-0.25, -0.2) is 9.59 Å². The van der Waals surface area contributed by atoms with E-state index in [9.17, 15) is 9.59 Å². The van der Waals surface area contributed by atoms with Crippen LogP contribution in [0.1, 0.15) is 0 Å². The van der Waals surface area contributed by atoms with Crippen molar-refractivity contribution in [2.45, 2.75) is 0 Å². The Balaban J connectivity index is 2.31. The molecule has 21 heavy (non-hydrogen) atoms. The fourth-order valence-corrected chi connectivity index (χ4v) is 1.74. The van der Waals surface area contributed by atoms with Crippen molar-refractivity contribution in [3.8, 4) is 0 Å². The second-order valence-electron chi connectivity index (χ2n) is 4.11. The summed E-state index contributed by atoms with van der Waals surface area (Å²) in [5, 5.41) is 3.75. The van der Waals surface area contributed by atoms with E-state index in [1.54, 1.807) is 12.3 Å². The highest BCUT2D eigenvalue weighted by Gasteiger charge is 2.12. The number of hydrogen-bond donors (Lipinski definition) is 1. The van der Waals surface area contributed by atoms with Gasteiger partial charge >= 0.3 is 11.9 Å². The number of fused-ring (bicyclic) bond motifs is 1. The monoisotopic (exact) mass is 286 g/mol. The molecule has 6 heteroatoms. The zero-order chi connectivity index (χ0) is 15.2. The van der Waals surface area contributed by atoms with Gasteiger partial charge in [0.05, 0.1) is 25.8 Å². The number of anilines is 1. The van der Waals surface area contributed by atoms with Crippen molar-refractivity contribution in [1.29, 1.82) is 0 Å². The number of carbonyl (C=O) groups is 2. The van der Waals surface area contributed by atoms with Crippen molar-refractivity contribution in [1.82, 2.24) is 4.98 Å². The zero-order valence-electron chi connectivity index (χ0n) is 11.6. The predicted molar refractivity (Wildman–Crippen MR) is 77.5 cm³/mol. The highest BCUT2D eigenvalue weighted by Crippen LogP contribution is 2.18. The Bertz CT molecular complexity index is 710. The maximum atomic E-state index is 11.7. The van der Waals surface area contributed by atoms with E-state index < -0.39 is 11.9 Å². The number of nitrogens with zero attached hydrogens (tertiary/aromatic N) is 1. The van der Waals surface area contributed by atoms with Gasteiger partial charge in [-0.2, -0.15) is 0 Å². The molecule has 0 bridgehead atoms. The third kappa shape index (κ3) is 3.56. The number of hydrogen-bond acceptors (Lipinski definition) is 6. The third-order valence-corrected chi connectivity index (χ3v) is 2.75. The summed E-state index contributed by atoms with van der Waals surface area (Å²) in [6.07, 6.45) is 2.74. The Morgan fingerprint density at radius 2 is 2.00 bits per heavy atom. The Labute approximate surface area is 121 Å². The van der Waals surface area contributed by atoms with Gasteiger partial charge in [0.2, 0.25) is 0 Å². The lowest BCUT2D eigenvalue weighted by atomic mass is 10.2. The highest BCUT2D eigenvalue weighted by molar-refractivity contribution is 5.99. The first kappa shape index (κ1) is 14.5. The molecule has 108 valence electrons. The van der Waals surface area contributed by atoms with Crippen LogP contribution in [0, 0.1) is 0 Å². The van der Waals surface area contributed by atoms with Gasteiger partial charge in [-0.1, -0.05) is 6.07 Å². The number of methoxy groups -OCH3 is 2. The van der Waals surface area contributed by atoms with Crippen LogP contribution in [0.25, 0.3) is 10.9 Å². The lowest BCUT2D eigenvalue weighted by Gasteiger charge is -2.09. The van der Waals surface area contributed by atoms with Crippen molar-refractivity contribution < 1.29 is 19.1 Å². The first-order valence-corrected chi connectivity index (χ1v) is 6.14. The maximum absolute atomic E-state index is 11.7. The molecule has 0 aliphatic heterocycles. The van der Waals surface area contributed by atoms with Gasteiger partial charge in [-0.3, -0.25) is 4.98 Å². The molecule has 0 spiro atoms. The van der Waals surface area contributed by atoms with Crippen LogP contribution in [0.2, 0.25) is 0 Å². The van der Waals surface area contributed by atoms with E-state index in [2.05, 4.69) is 19.8 Å². The summed E-state index contributed by atoms with van der Waals surface area (Å²) < 4.78 is 9.14. The molecular weight excluding hydrogens is 272 g/mol. The second kappa shape index (κ2) is 6.51. The molecule has 0 aliphatic carbocycles. The van der Waals surface area contributed by atoms with Crippen LogP contribution < -0.4 is 5.32 Å². The van der Waals surface area contributed by atoms with Crippen LogP contribution in [-0.4, -0.2) is 31.1 Å². The van der Waals surface area contributed by atoms with E-state index in [1.165, 1.54) is 14.2 Å². The summed E-state index contributed by atoms with van der Waals surface area (Å²) in [6, 6.07) is 9.09. The molecule has 0 aliphatic rings. The average Bonchev–Trinajstić information content (AvgIpc) is 2.53. The molecule has 1 aromatic heterocycles. The normalized spacial score (nSPS) is 11.0. The van der Waals surface area contributed by atoms with Gasteiger partial charge in [-0.15, -0.1) is 0 Å². The zero-order valence-corrected chi connectivity index (χ0v) is 11.6. The van der Waals surface area contributed by atoms with Crippen LogP contribution >= 0.6 is 0 Å². The molecule has 6 nitrogen and oxygen atoms in total. The standard InChI is InChI=1S/C15H14N2O4/c1-20-14(18)9-13(15(19)21-2)17-11-5-6-12-10(8-11)4-3-7-16-12/h3-9,17H,1-2H3/b13-9+. The van der Waals surface area contributed by atoms with Crippen molar-refractivity contribution in [2.75, 3.05) is 19.5 Å². The first-order chi connectivity index (χ1) is 10.1. The lowest BCUT2D eigenvalue weighted by molar-refractivity contribution is -0.138. The Kier molecular flexibility index (Phi) is 4.50. The van der Waals surface area contributed by atoms with Crippen LogP contribution in [0.3, 0.4) is 0 Å². The van der Waals surface area contributed by atoms with Crippen LogP contribution in [0.15, 0.2) is 48.3 Å². The van der Waals surface area contributed by atoms with E-state index >= 15 is 0 Å². The molecule has 0 radical (unpaired) electrons. The van der Waals surface area contributed by atoms with E-state index in [0.717, 1.165) is 17.0 Å². The number of ether oxygens (including phenoxy) is 2. The third-order valence-electron chi connectivity index (χ3n) is 2.75. The molecule has 0 saturated heterocycles. The van der Waals surface area contributed by atoms with E-state index in [4.69, 9.17) is 0 Å². The molecule has 1 N–H and O–H groups in total. The van der Waals surface area contributed by atoms with Gasteiger partial charge in [0, 0.05) is 17.3 Å². The minimum atomic E-state index is -0.660. The summed E-state index contributed by atoms with van der Waals surface area (Å²) >= 11 is 0. The largest absolute Gasteiger partial charge is 0.466 e. The average molecular weight is 286 g/mol. The number of rotatable bonds is 4. The van der Waals surface area contributed by atoms with Gasteiger partial charge < -0.3 is 14.8 Å². The molecule has 0 fully saturated rings. The summed E-state index contributed by atoms with van der Waals surface area (Å²) in [5.41, 5.74) is 1.46. The molecule has 2 rings (SSSR count). The SMILES string of the molecule is COC(=O)/C=C(/Nc1ccc2ncccc2c1)C(=O)OC. The lowest BCUT2D eigenvalue weighted by Crippen LogP contribution is -2.15. The number of pyridine rings is 1. The molecule has 1 aromatic carbocycles. The minimum Gasteiger partial charge on any atom is -0.466 e. The Hall–Kier alpha value is -2.89. The molecule has 1 heterocycles. The first-order valence-electron chi connectivity index (χ1n) is 6.14. The van der Waals surface area contributed by atoms with Gasteiger partial charge in [0.15, 0.2) is 0 Å². The van der Waals surface area contributed by atoms with Gasteiger partial charge in [0.1, 0.15) is 5.70 Å². The van der Waals surface area contributed by atoms with Crippen LogP contribution in [0.4, 0.5) is 5.69 Å². The smallest absolute Gasteiger partial charge is 0.354 e. The van der Waals surface area contributed by atoms with Crippen LogP contribution in [-0.2, 0) is 19.1 Å². The van der Waals surface area contributed by atoms with Crippen molar-refractivity contribution >= 4 is 28.5 Å². The fraction of sp³-hybridized carbons (Fsp3) is 0.133. The van der Waals surface area contributed by atoms with Crippen LogP contribution in [0.5, 0.6) is 0 Å².